The molecule has 1 aliphatic heterocycles. The lowest BCUT2D eigenvalue weighted by Crippen LogP contribution is -2.33. The first kappa shape index (κ1) is 14.6. The molecule has 0 saturated heterocycles. The number of benzene rings is 1. The topological polar surface area (TPSA) is 85.8 Å². The maximum absolute atomic E-state index is 13.6. The molecular formula is C15H9FN2O5. The zero-order valence-electron chi connectivity index (χ0n) is 11.8. The van der Waals surface area contributed by atoms with Crippen LogP contribution in [-0.2, 0) is 4.84 Å². The van der Waals surface area contributed by atoms with Gasteiger partial charge in [-0.05, 0) is 12.1 Å². The zero-order chi connectivity index (χ0) is 16.6. The summed E-state index contributed by atoms with van der Waals surface area (Å²) in [7, 11) is 1.31. The standard InChI is InChI=1S/C15H9FN2O5/c1-22-8-6-11(12(16)17-7-8)15(21)23-18-13(19)9-4-2-3-5-10(9)14(18)20/h2-7H,1H3. The predicted molar refractivity (Wildman–Crippen MR) is 73.1 cm³/mol. The predicted octanol–water partition coefficient (Wildman–Crippen LogP) is 1.60. The van der Waals surface area contributed by atoms with E-state index in [0.29, 0.717) is 5.06 Å². The fraction of sp³-hybridized carbons (Fsp3) is 0.0667. The molecule has 0 atom stereocenters. The second-order valence-corrected chi connectivity index (χ2v) is 4.54. The third-order valence-corrected chi connectivity index (χ3v) is 3.20. The number of hydroxylamine groups is 2. The van der Waals surface area contributed by atoms with E-state index in [1.807, 2.05) is 0 Å². The smallest absolute Gasteiger partial charge is 0.368 e. The largest absolute Gasteiger partial charge is 0.495 e. The Kier molecular flexibility index (Phi) is 3.49. The maximum atomic E-state index is 13.6. The number of hydrogen-bond acceptors (Lipinski definition) is 6. The number of halogens is 1. The number of fused-ring (bicyclic) bond motifs is 1. The quantitative estimate of drug-likeness (QED) is 0.631. The second kappa shape index (κ2) is 5.48. The van der Waals surface area contributed by atoms with Crippen molar-refractivity contribution in [3.63, 3.8) is 0 Å². The molecule has 0 N–H and O–H groups in total. The maximum Gasteiger partial charge on any atom is 0.368 e. The zero-order valence-corrected chi connectivity index (χ0v) is 11.8. The lowest BCUT2D eigenvalue weighted by Gasteiger charge is -2.13. The summed E-state index contributed by atoms with van der Waals surface area (Å²) in [5.74, 6) is -3.80. The summed E-state index contributed by atoms with van der Waals surface area (Å²) in [6, 6.07) is 7.05. The highest BCUT2D eigenvalue weighted by atomic mass is 19.1. The van der Waals surface area contributed by atoms with Gasteiger partial charge in [0.2, 0.25) is 5.95 Å². The van der Waals surface area contributed by atoms with Gasteiger partial charge in [0.05, 0.1) is 24.4 Å². The van der Waals surface area contributed by atoms with Gasteiger partial charge >= 0.3 is 5.97 Å². The first-order valence-electron chi connectivity index (χ1n) is 6.42. The van der Waals surface area contributed by atoms with Crippen LogP contribution in [0.5, 0.6) is 5.75 Å². The van der Waals surface area contributed by atoms with Crippen LogP contribution in [0, 0.1) is 5.95 Å². The first-order chi connectivity index (χ1) is 11.0. The number of pyridine rings is 1. The number of hydrogen-bond donors (Lipinski definition) is 0. The Morgan fingerprint density at radius 2 is 1.78 bits per heavy atom. The normalized spacial score (nSPS) is 13.0. The van der Waals surface area contributed by atoms with Crippen LogP contribution in [0.2, 0.25) is 0 Å². The van der Waals surface area contributed by atoms with Crippen molar-refractivity contribution in [2.24, 2.45) is 0 Å². The Bertz CT molecular complexity index is 801. The minimum Gasteiger partial charge on any atom is -0.495 e. The molecule has 2 aromatic rings. The van der Waals surface area contributed by atoms with E-state index in [9.17, 15) is 18.8 Å². The fourth-order valence-corrected chi connectivity index (χ4v) is 2.07. The van der Waals surface area contributed by atoms with Crippen molar-refractivity contribution < 1.29 is 28.3 Å². The number of carbonyl (C=O) groups is 3. The lowest BCUT2D eigenvalue weighted by atomic mass is 10.1. The molecule has 3 rings (SSSR count). The van der Waals surface area contributed by atoms with E-state index in [4.69, 9.17) is 9.57 Å². The molecule has 8 heteroatoms. The molecule has 0 unspecified atom stereocenters. The molecule has 0 bridgehead atoms. The number of carbonyl (C=O) groups excluding carboxylic acids is 3. The van der Waals surface area contributed by atoms with E-state index in [0.717, 1.165) is 12.3 Å². The number of nitrogens with zero attached hydrogens (tertiary/aromatic N) is 2. The number of aromatic nitrogens is 1. The van der Waals surface area contributed by atoms with Gasteiger partial charge in [0.25, 0.3) is 11.8 Å². The summed E-state index contributed by atoms with van der Waals surface area (Å²) in [5.41, 5.74) is -0.343. The van der Waals surface area contributed by atoms with Crippen molar-refractivity contribution in [1.82, 2.24) is 10.0 Å². The SMILES string of the molecule is COc1cnc(F)c(C(=O)ON2C(=O)c3ccccc3C2=O)c1. The van der Waals surface area contributed by atoms with Gasteiger partial charge in [0.1, 0.15) is 11.3 Å². The van der Waals surface area contributed by atoms with Crippen molar-refractivity contribution in [2.75, 3.05) is 7.11 Å². The summed E-state index contributed by atoms with van der Waals surface area (Å²) in [4.78, 5) is 44.3. The number of ether oxygens (including phenoxy) is 1. The minimum atomic E-state index is -1.23. The van der Waals surface area contributed by atoms with E-state index in [1.54, 1.807) is 12.1 Å². The van der Waals surface area contributed by atoms with Crippen molar-refractivity contribution >= 4 is 17.8 Å². The average Bonchev–Trinajstić information content (AvgIpc) is 2.80. The van der Waals surface area contributed by atoms with E-state index in [-0.39, 0.29) is 16.9 Å². The summed E-state index contributed by atoms with van der Waals surface area (Å²) in [6.45, 7) is 0. The summed E-state index contributed by atoms with van der Waals surface area (Å²) in [6.07, 6.45) is 1.08. The Morgan fingerprint density at radius 3 is 2.35 bits per heavy atom. The van der Waals surface area contributed by atoms with Gasteiger partial charge < -0.3 is 9.57 Å². The Morgan fingerprint density at radius 1 is 1.17 bits per heavy atom. The highest BCUT2D eigenvalue weighted by Crippen LogP contribution is 2.24. The molecule has 0 saturated carbocycles. The average molecular weight is 316 g/mol. The Hall–Kier alpha value is -3.29. The van der Waals surface area contributed by atoms with Crippen molar-refractivity contribution in [3.8, 4) is 5.75 Å². The van der Waals surface area contributed by atoms with E-state index in [2.05, 4.69) is 4.98 Å². The van der Waals surface area contributed by atoms with Crippen LogP contribution < -0.4 is 4.74 Å². The summed E-state index contributed by atoms with van der Waals surface area (Å²) in [5, 5.41) is 0.298. The van der Waals surface area contributed by atoms with Crippen LogP contribution in [0.15, 0.2) is 36.5 Å². The molecule has 23 heavy (non-hydrogen) atoms. The Balaban J connectivity index is 1.88. The van der Waals surface area contributed by atoms with Gasteiger partial charge in [-0.1, -0.05) is 17.2 Å². The molecule has 0 aliphatic carbocycles. The molecule has 1 aliphatic rings. The molecule has 2 heterocycles. The van der Waals surface area contributed by atoms with Gasteiger partial charge in [-0.3, -0.25) is 9.59 Å². The summed E-state index contributed by atoms with van der Waals surface area (Å²) >= 11 is 0. The van der Waals surface area contributed by atoms with Crippen LogP contribution in [0.25, 0.3) is 0 Å². The molecule has 0 fully saturated rings. The molecule has 7 nitrogen and oxygen atoms in total. The molecule has 116 valence electrons. The van der Waals surface area contributed by atoms with Gasteiger partial charge in [0.15, 0.2) is 0 Å². The van der Waals surface area contributed by atoms with E-state index < -0.39 is 29.3 Å². The van der Waals surface area contributed by atoms with E-state index in [1.165, 1.54) is 19.2 Å². The van der Waals surface area contributed by atoms with Gasteiger partial charge in [0, 0.05) is 6.07 Å². The molecule has 1 aromatic heterocycles. The van der Waals surface area contributed by atoms with Crippen LogP contribution in [0.3, 0.4) is 0 Å². The van der Waals surface area contributed by atoms with Crippen molar-refractivity contribution in [2.45, 2.75) is 0 Å². The molecule has 1 aromatic carbocycles. The van der Waals surface area contributed by atoms with Gasteiger partial charge in [-0.2, -0.15) is 4.39 Å². The molecular weight excluding hydrogens is 307 g/mol. The number of methoxy groups -OCH3 is 1. The molecule has 0 radical (unpaired) electrons. The number of rotatable bonds is 3. The van der Waals surface area contributed by atoms with Crippen molar-refractivity contribution in [3.05, 3.63) is 59.2 Å². The Labute approximate surface area is 129 Å². The van der Waals surface area contributed by atoms with Gasteiger partial charge in [-0.25, -0.2) is 9.78 Å². The molecule has 0 spiro atoms. The van der Waals surface area contributed by atoms with Crippen LogP contribution in [0.4, 0.5) is 4.39 Å². The monoisotopic (exact) mass is 316 g/mol. The van der Waals surface area contributed by atoms with Crippen LogP contribution in [0.1, 0.15) is 31.1 Å². The number of amides is 2. The third-order valence-electron chi connectivity index (χ3n) is 3.20. The molecule has 2 amide bonds. The van der Waals surface area contributed by atoms with Gasteiger partial charge in [-0.15, -0.1) is 0 Å². The summed E-state index contributed by atoms with van der Waals surface area (Å²) < 4.78 is 18.5. The van der Waals surface area contributed by atoms with E-state index >= 15 is 0 Å². The first-order valence-corrected chi connectivity index (χ1v) is 6.42. The fourth-order valence-electron chi connectivity index (χ4n) is 2.07. The van der Waals surface area contributed by atoms with Crippen LogP contribution >= 0.6 is 0 Å². The number of imide groups is 1. The highest BCUT2D eigenvalue weighted by molar-refractivity contribution is 6.21. The highest BCUT2D eigenvalue weighted by Gasteiger charge is 2.39. The minimum absolute atomic E-state index is 0.106. The van der Waals surface area contributed by atoms with Crippen molar-refractivity contribution in [1.29, 1.82) is 0 Å². The lowest BCUT2D eigenvalue weighted by molar-refractivity contribution is -0.0588. The third kappa shape index (κ3) is 2.39. The van der Waals surface area contributed by atoms with Crippen LogP contribution in [-0.4, -0.2) is 34.9 Å². The second-order valence-electron chi connectivity index (χ2n) is 4.54.